The molecule has 0 spiro atoms. The number of nitrogens with one attached hydrogen (secondary N) is 2. The summed E-state index contributed by atoms with van der Waals surface area (Å²) in [6.45, 7) is 0.392. The molecule has 2 saturated carbocycles. The minimum atomic E-state index is -0.345. The highest BCUT2D eigenvalue weighted by atomic mass is 16.3. The van der Waals surface area contributed by atoms with Crippen LogP contribution in [-0.2, 0) is 0 Å². The van der Waals surface area contributed by atoms with Crippen LogP contribution >= 0.6 is 0 Å². The van der Waals surface area contributed by atoms with E-state index in [1.165, 1.54) is 6.42 Å². The van der Waals surface area contributed by atoms with Crippen LogP contribution in [0.1, 0.15) is 32.1 Å². The van der Waals surface area contributed by atoms with Crippen molar-refractivity contribution in [1.82, 2.24) is 10.6 Å². The van der Waals surface area contributed by atoms with Crippen molar-refractivity contribution in [1.29, 1.82) is 0 Å². The summed E-state index contributed by atoms with van der Waals surface area (Å²) in [5.74, 6) is 0.430. The molecule has 0 heterocycles. The Morgan fingerprint density at radius 1 is 1.36 bits per heavy atom. The molecule has 0 saturated heterocycles. The maximum atomic E-state index is 11.3. The number of aliphatic hydroxyl groups is 1. The molecule has 0 bridgehead atoms. The summed E-state index contributed by atoms with van der Waals surface area (Å²) in [4.78, 5) is 11.3. The Balaban J connectivity index is 1.56. The molecule has 3 N–H and O–H groups in total. The number of amides is 2. The van der Waals surface area contributed by atoms with E-state index in [1.807, 2.05) is 0 Å². The lowest BCUT2D eigenvalue weighted by molar-refractivity contribution is 0.148. The molecular formula is C10H18N2O2. The lowest BCUT2D eigenvalue weighted by Gasteiger charge is -2.26. The van der Waals surface area contributed by atoms with E-state index < -0.39 is 0 Å². The van der Waals surface area contributed by atoms with Crippen LogP contribution in [0.2, 0.25) is 0 Å². The van der Waals surface area contributed by atoms with Crippen LogP contribution in [0, 0.1) is 5.92 Å². The number of urea groups is 1. The van der Waals surface area contributed by atoms with Gasteiger partial charge < -0.3 is 15.7 Å². The molecular weight excluding hydrogens is 180 g/mol. The second-order valence-corrected chi connectivity index (χ2v) is 4.39. The molecule has 80 valence electrons. The van der Waals surface area contributed by atoms with Gasteiger partial charge >= 0.3 is 6.03 Å². The third-order valence-electron chi connectivity index (χ3n) is 3.08. The van der Waals surface area contributed by atoms with Crippen LogP contribution in [0.3, 0.4) is 0 Å². The van der Waals surface area contributed by atoms with Gasteiger partial charge in [-0.1, -0.05) is 0 Å². The quantitative estimate of drug-likeness (QED) is 0.619. The predicted octanol–water partition coefficient (Wildman–Crippen LogP) is 0.609. The first-order chi connectivity index (χ1) is 6.75. The molecule has 1 atom stereocenters. The van der Waals surface area contributed by atoms with E-state index in [2.05, 4.69) is 10.6 Å². The maximum absolute atomic E-state index is 11.3. The Kier molecular flexibility index (Phi) is 2.91. The molecule has 14 heavy (non-hydrogen) atoms. The monoisotopic (exact) mass is 198 g/mol. The van der Waals surface area contributed by atoms with E-state index in [-0.39, 0.29) is 12.1 Å². The Hall–Kier alpha value is -0.770. The van der Waals surface area contributed by atoms with E-state index in [9.17, 15) is 9.90 Å². The summed E-state index contributed by atoms with van der Waals surface area (Å²) in [5, 5.41) is 15.1. The first-order valence-corrected chi connectivity index (χ1v) is 5.48. The van der Waals surface area contributed by atoms with Gasteiger partial charge in [-0.3, -0.25) is 0 Å². The Bertz CT molecular complexity index is 212. The Morgan fingerprint density at radius 3 is 2.57 bits per heavy atom. The zero-order valence-corrected chi connectivity index (χ0v) is 8.33. The molecule has 2 aliphatic carbocycles. The zero-order valence-electron chi connectivity index (χ0n) is 8.33. The van der Waals surface area contributed by atoms with E-state index in [0.717, 1.165) is 25.7 Å². The third kappa shape index (κ3) is 2.61. The van der Waals surface area contributed by atoms with Crippen molar-refractivity contribution < 1.29 is 9.90 Å². The standard InChI is InChI=1S/C10H18N2O2/c13-9(7-4-5-7)6-11-10(14)12-8-2-1-3-8/h7-9,13H,1-6H2,(H2,11,12,14). The normalized spacial score (nSPS) is 23.8. The van der Waals surface area contributed by atoms with Crippen molar-refractivity contribution in [2.75, 3.05) is 6.54 Å². The summed E-state index contributed by atoms with van der Waals surface area (Å²) in [5.41, 5.74) is 0. The van der Waals surface area contributed by atoms with Crippen molar-refractivity contribution in [2.45, 2.75) is 44.2 Å². The molecule has 1 unspecified atom stereocenters. The SMILES string of the molecule is O=C(NCC(O)C1CC1)NC1CCC1. The lowest BCUT2D eigenvalue weighted by atomic mass is 9.93. The third-order valence-corrected chi connectivity index (χ3v) is 3.08. The van der Waals surface area contributed by atoms with Gasteiger partial charge in [0.25, 0.3) is 0 Å². The summed E-state index contributed by atoms with van der Waals surface area (Å²) >= 11 is 0. The van der Waals surface area contributed by atoms with Crippen LogP contribution in [0.4, 0.5) is 4.79 Å². The van der Waals surface area contributed by atoms with Crippen LogP contribution in [-0.4, -0.2) is 29.8 Å². The van der Waals surface area contributed by atoms with E-state index in [4.69, 9.17) is 0 Å². The molecule has 2 aliphatic rings. The highest BCUT2D eigenvalue weighted by molar-refractivity contribution is 5.74. The average Bonchev–Trinajstić information content (AvgIpc) is 2.90. The number of aliphatic hydroxyl groups excluding tert-OH is 1. The second-order valence-electron chi connectivity index (χ2n) is 4.39. The molecule has 0 aromatic rings. The van der Waals surface area contributed by atoms with Crippen LogP contribution in [0.5, 0.6) is 0 Å². The van der Waals surface area contributed by atoms with Crippen LogP contribution < -0.4 is 10.6 Å². The first-order valence-electron chi connectivity index (χ1n) is 5.48. The van der Waals surface area contributed by atoms with E-state index >= 15 is 0 Å². The van der Waals surface area contributed by atoms with Crippen molar-refractivity contribution in [3.05, 3.63) is 0 Å². The Labute approximate surface area is 84.1 Å². The number of carbonyl (C=O) groups is 1. The van der Waals surface area contributed by atoms with Crippen molar-refractivity contribution >= 4 is 6.03 Å². The zero-order chi connectivity index (χ0) is 9.97. The molecule has 0 radical (unpaired) electrons. The summed E-state index contributed by atoms with van der Waals surface area (Å²) < 4.78 is 0. The van der Waals surface area contributed by atoms with Crippen molar-refractivity contribution in [2.24, 2.45) is 5.92 Å². The van der Waals surface area contributed by atoms with E-state index in [0.29, 0.717) is 18.5 Å². The molecule has 0 aromatic carbocycles. The van der Waals surface area contributed by atoms with Gasteiger partial charge in [-0.2, -0.15) is 0 Å². The van der Waals surface area contributed by atoms with Gasteiger partial charge in [0.15, 0.2) is 0 Å². The molecule has 2 amide bonds. The topological polar surface area (TPSA) is 61.4 Å². The maximum Gasteiger partial charge on any atom is 0.315 e. The molecule has 4 nitrogen and oxygen atoms in total. The number of hydrogen-bond acceptors (Lipinski definition) is 2. The molecule has 4 heteroatoms. The van der Waals surface area contributed by atoms with Gasteiger partial charge in [0, 0.05) is 12.6 Å². The van der Waals surface area contributed by atoms with Crippen LogP contribution in [0.15, 0.2) is 0 Å². The Morgan fingerprint density at radius 2 is 2.07 bits per heavy atom. The number of hydrogen-bond donors (Lipinski definition) is 3. The summed E-state index contributed by atoms with van der Waals surface area (Å²) in [6.07, 6.45) is 5.27. The van der Waals surface area contributed by atoms with Gasteiger partial charge in [-0.25, -0.2) is 4.79 Å². The highest BCUT2D eigenvalue weighted by Crippen LogP contribution is 2.32. The summed E-state index contributed by atoms with van der Waals surface area (Å²) in [7, 11) is 0. The number of rotatable bonds is 4. The van der Waals surface area contributed by atoms with Gasteiger partial charge in [0.05, 0.1) is 6.10 Å². The van der Waals surface area contributed by atoms with Crippen molar-refractivity contribution in [3.63, 3.8) is 0 Å². The van der Waals surface area contributed by atoms with E-state index in [1.54, 1.807) is 0 Å². The summed E-state index contributed by atoms with van der Waals surface area (Å²) in [6, 6.07) is 0.238. The molecule has 2 rings (SSSR count). The van der Waals surface area contributed by atoms with Gasteiger partial charge in [0.1, 0.15) is 0 Å². The highest BCUT2D eigenvalue weighted by Gasteiger charge is 2.29. The minimum absolute atomic E-state index is 0.130. The fourth-order valence-corrected chi connectivity index (χ4v) is 1.63. The fraction of sp³-hybridized carbons (Fsp3) is 0.900. The average molecular weight is 198 g/mol. The van der Waals surface area contributed by atoms with Gasteiger partial charge in [-0.15, -0.1) is 0 Å². The molecule has 0 aliphatic heterocycles. The largest absolute Gasteiger partial charge is 0.391 e. The smallest absolute Gasteiger partial charge is 0.315 e. The number of carbonyl (C=O) groups excluding carboxylic acids is 1. The molecule has 2 fully saturated rings. The second kappa shape index (κ2) is 4.17. The molecule has 0 aromatic heterocycles. The van der Waals surface area contributed by atoms with Gasteiger partial charge in [-0.05, 0) is 38.0 Å². The van der Waals surface area contributed by atoms with Crippen LogP contribution in [0.25, 0.3) is 0 Å². The van der Waals surface area contributed by atoms with Gasteiger partial charge in [0.2, 0.25) is 0 Å². The minimum Gasteiger partial charge on any atom is -0.391 e. The van der Waals surface area contributed by atoms with Crippen molar-refractivity contribution in [3.8, 4) is 0 Å². The lowest BCUT2D eigenvalue weighted by Crippen LogP contribution is -2.47. The fourth-order valence-electron chi connectivity index (χ4n) is 1.63. The predicted molar refractivity (Wildman–Crippen MR) is 52.9 cm³/mol. The first kappa shape index (κ1) is 9.77.